The van der Waals surface area contributed by atoms with Crippen LogP contribution in [0.25, 0.3) is 27.3 Å². The Bertz CT molecular complexity index is 1260. The molecule has 0 radical (unpaired) electrons. The Kier molecular flexibility index (Phi) is 3.34. The van der Waals surface area contributed by atoms with Crippen LogP contribution >= 0.6 is 11.6 Å². The number of aliphatic imine (C=N–C) groups is 1. The highest BCUT2D eigenvalue weighted by Gasteiger charge is 2.24. The minimum atomic E-state index is 0.397. The van der Waals surface area contributed by atoms with E-state index < -0.39 is 0 Å². The molecule has 3 aromatic carbocycles. The largest absolute Gasteiger partial charge is 0.454 e. The first-order valence-electron chi connectivity index (χ1n) is 8.37. The van der Waals surface area contributed by atoms with Crippen LogP contribution in [0.15, 0.2) is 94.0 Å². The number of benzene rings is 3. The van der Waals surface area contributed by atoms with Gasteiger partial charge in [0.2, 0.25) is 0 Å². The van der Waals surface area contributed by atoms with Gasteiger partial charge in [-0.25, -0.2) is 4.99 Å². The number of furan rings is 1. The molecule has 0 bridgehead atoms. The van der Waals surface area contributed by atoms with E-state index in [0.717, 1.165) is 38.8 Å². The predicted molar refractivity (Wildman–Crippen MR) is 109 cm³/mol. The number of nitrogens with zero attached hydrogens (tertiary/aromatic N) is 1. The van der Waals surface area contributed by atoms with Crippen LogP contribution in [0.3, 0.4) is 0 Å². The number of fused-ring (bicyclic) bond motifs is 4. The Hall–Kier alpha value is -3.10. The number of para-hydroxylation sites is 1. The lowest BCUT2D eigenvalue weighted by Crippen LogP contribution is -2.03. The summed E-state index contributed by atoms with van der Waals surface area (Å²) in [6, 6.07) is 22.5. The van der Waals surface area contributed by atoms with Crippen LogP contribution in [-0.2, 0) is 0 Å². The van der Waals surface area contributed by atoms with Crippen LogP contribution < -0.4 is 0 Å². The van der Waals surface area contributed by atoms with Crippen molar-refractivity contribution in [2.75, 3.05) is 0 Å². The molecule has 0 fully saturated rings. The fraction of sp³-hybridized carbons (Fsp3) is 0. The molecule has 0 aliphatic carbocycles. The fourth-order valence-corrected chi connectivity index (χ4v) is 3.69. The summed E-state index contributed by atoms with van der Waals surface area (Å²) >= 11 is 6.35. The SMILES string of the molecule is C=C1C=C(Cl)N=C(c2ccc3ccccc3c2)c2oc3ccccc3c21. The van der Waals surface area contributed by atoms with Crippen molar-refractivity contribution in [1.82, 2.24) is 0 Å². The molecule has 1 aliphatic heterocycles. The topological polar surface area (TPSA) is 25.5 Å². The van der Waals surface area contributed by atoms with Gasteiger partial charge in [-0.05, 0) is 34.6 Å². The number of hydrogen-bond acceptors (Lipinski definition) is 2. The zero-order chi connectivity index (χ0) is 17.7. The first-order chi connectivity index (χ1) is 12.7. The third-order valence-corrected chi connectivity index (χ3v) is 4.86. The van der Waals surface area contributed by atoms with Crippen LogP contribution in [0.1, 0.15) is 16.9 Å². The molecule has 0 saturated heterocycles. The van der Waals surface area contributed by atoms with Gasteiger partial charge in [-0.1, -0.05) is 72.8 Å². The first-order valence-corrected chi connectivity index (χ1v) is 8.75. The van der Waals surface area contributed by atoms with E-state index in [1.165, 1.54) is 5.39 Å². The summed E-state index contributed by atoms with van der Waals surface area (Å²) < 4.78 is 6.18. The zero-order valence-corrected chi connectivity index (χ0v) is 14.6. The zero-order valence-electron chi connectivity index (χ0n) is 13.9. The molecule has 0 N–H and O–H groups in total. The van der Waals surface area contributed by atoms with E-state index in [1.54, 1.807) is 6.08 Å². The van der Waals surface area contributed by atoms with Gasteiger partial charge in [0.1, 0.15) is 16.5 Å². The lowest BCUT2D eigenvalue weighted by atomic mass is 9.97. The van der Waals surface area contributed by atoms with Crippen molar-refractivity contribution in [3.63, 3.8) is 0 Å². The minimum Gasteiger partial charge on any atom is -0.454 e. The normalized spacial score (nSPS) is 14.1. The second kappa shape index (κ2) is 5.72. The molecular weight excluding hydrogens is 342 g/mol. The molecule has 0 saturated carbocycles. The molecule has 2 nitrogen and oxygen atoms in total. The lowest BCUT2D eigenvalue weighted by molar-refractivity contribution is 0.604. The van der Waals surface area contributed by atoms with Crippen LogP contribution in [0, 0.1) is 0 Å². The summed E-state index contributed by atoms with van der Waals surface area (Å²) in [4.78, 5) is 4.63. The third-order valence-electron chi connectivity index (χ3n) is 4.67. The van der Waals surface area contributed by atoms with Crippen LogP contribution in [0.4, 0.5) is 0 Å². The fourth-order valence-electron chi connectivity index (χ4n) is 3.47. The van der Waals surface area contributed by atoms with Crippen LogP contribution in [0.5, 0.6) is 0 Å². The molecule has 0 unspecified atom stereocenters. The average Bonchev–Trinajstić information content (AvgIpc) is 2.99. The third kappa shape index (κ3) is 2.31. The summed E-state index contributed by atoms with van der Waals surface area (Å²) in [6.45, 7) is 4.17. The Morgan fingerprint density at radius 3 is 2.54 bits per heavy atom. The van der Waals surface area contributed by atoms with E-state index in [-0.39, 0.29) is 0 Å². The van der Waals surface area contributed by atoms with Gasteiger partial charge in [-0.15, -0.1) is 0 Å². The number of halogens is 1. The summed E-state index contributed by atoms with van der Waals surface area (Å²) in [6.07, 6.45) is 1.79. The van der Waals surface area contributed by atoms with E-state index in [9.17, 15) is 0 Å². The highest BCUT2D eigenvalue weighted by molar-refractivity contribution is 6.33. The molecule has 1 aliphatic rings. The Morgan fingerprint density at radius 1 is 0.885 bits per heavy atom. The smallest absolute Gasteiger partial charge is 0.162 e. The van der Waals surface area contributed by atoms with E-state index >= 15 is 0 Å². The van der Waals surface area contributed by atoms with Crippen LogP contribution in [-0.4, -0.2) is 5.71 Å². The monoisotopic (exact) mass is 355 g/mol. The number of allylic oxidation sites excluding steroid dienone is 2. The second-order valence-corrected chi connectivity index (χ2v) is 6.70. The maximum absolute atomic E-state index is 6.35. The van der Waals surface area contributed by atoms with Gasteiger partial charge in [-0.3, -0.25) is 0 Å². The summed E-state index contributed by atoms with van der Waals surface area (Å²) in [5.41, 5.74) is 4.25. The van der Waals surface area contributed by atoms with Crippen LogP contribution in [0.2, 0.25) is 0 Å². The lowest BCUT2D eigenvalue weighted by Gasteiger charge is -2.07. The maximum Gasteiger partial charge on any atom is 0.162 e. The van der Waals surface area contributed by atoms with Crippen molar-refractivity contribution in [2.24, 2.45) is 4.99 Å². The molecule has 26 heavy (non-hydrogen) atoms. The maximum atomic E-state index is 6.35. The summed E-state index contributed by atoms with van der Waals surface area (Å²) in [5, 5.41) is 3.74. The summed E-state index contributed by atoms with van der Waals surface area (Å²) in [5.74, 6) is 0.707. The van der Waals surface area contributed by atoms with Crippen molar-refractivity contribution in [2.45, 2.75) is 0 Å². The molecular formula is C23H14ClNO. The minimum absolute atomic E-state index is 0.397. The standard InChI is InChI=1S/C23H14ClNO/c1-14-12-20(24)25-22(17-11-10-15-6-2-3-7-16(15)13-17)23-21(14)18-8-4-5-9-19(18)26-23/h2-13H,1H2. The Morgan fingerprint density at radius 2 is 1.65 bits per heavy atom. The van der Waals surface area contributed by atoms with E-state index in [4.69, 9.17) is 16.0 Å². The second-order valence-electron chi connectivity index (χ2n) is 6.32. The molecule has 3 heteroatoms. The van der Waals surface area contributed by atoms with Crippen molar-refractivity contribution < 1.29 is 4.42 Å². The van der Waals surface area contributed by atoms with Gasteiger partial charge in [0.25, 0.3) is 0 Å². The first kappa shape index (κ1) is 15.2. The van der Waals surface area contributed by atoms with Gasteiger partial charge in [0, 0.05) is 16.5 Å². The van der Waals surface area contributed by atoms with E-state index in [0.29, 0.717) is 10.9 Å². The van der Waals surface area contributed by atoms with Gasteiger partial charge < -0.3 is 4.42 Å². The van der Waals surface area contributed by atoms with E-state index in [1.807, 2.05) is 36.4 Å². The predicted octanol–water partition coefficient (Wildman–Crippen LogP) is 6.53. The molecule has 4 aromatic rings. The Labute approximate surface area is 155 Å². The van der Waals surface area contributed by atoms with Crippen molar-refractivity contribution in [3.05, 3.63) is 101 Å². The van der Waals surface area contributed by atoms with E-state index in [2.05, 4.69) is 41.9 Å². The number of rotatable bonds is 1. The quantitative estimate of drug-likeness (QED) is 0.356. The van der Waals surface area contributed by atoms with Gasteiger partial charge in [-0.2, -0.15) is 0 Å². The molecule has 124 valence electrons. The molecule has 0 spiro atoms. The molecule has 5 rings (SSSR count). The van der Waals surface area contributed by atoms with Crippen molar-refractivity contribution in [1.29, 1.82) is 0 Å². The summed E-state index contributed by atoms with van der Waals surface area (Å²) in [7, 11) is 0. The van der Waals surface area contributed by atoms with Crippen molar-refractivity contribution in [3.8, 4) is 0 Å². The number of hydrogen-bond donors (Lipinski definition) is 0. The van der Waals surface area contributed by atoms with Gasteiger partial charge in [0.05, 0.1) is 0 Å². The molecule has 0 amide bonds. The molecule has 1 aromatic heterocycles. The van der Waals surface area contributed by atoms with Gasteiger partial charge in [0.15, 0.2) is 5.76 Å². The Balaban J connectivity index is 1.81. The molecule has 0 atom stereocenters. The highest BCUT2D eigenvalue weighted by Crippen LogP contribution is 2.36. The van der Waals surface area contributed by atoms with Gasteiger partial charge >= 0.3 is 0 Å². The average molecular weight is 356 g/mol. The highest BCUT2D eigenvalue weighted by atomic mass is 35.5. The molecule has 2 heterocycles. The van der Waals surface area contributed by atoms with Crippen molar-refractivity contribution >= 4 is 44.6 Å².